The number of hydrogen-bond acceptors (Lipinski definition) is 4. The average Bonchev–Trinajstić information content (AvgIpc) is 2.95. The Morgan fingerprint density at radius 1 is 1.04 bits per heavy atom. The summed E-state index contributed by atoms with van der Waals surface area (Å²) in [7, 11) is 0. The zero-order valence-corrected chi connectivity index (χ0v) is 15.3. The minimum absolute atomic E-state index is 0.213. The van der Waals surface area contributed by atoms with Crippen LogP contribution in [-0.4, -0.2) is 84.2 Å². The predicted molar refractivity (Wildman–Crippen MR) is 95.8 cm³/mol. The molecule has 0 saturated carbocycles. The molecule has 138 valence electrons. The first-order valence-electron chi connectivity index (χ1n) is 10.0. The standard InChI is InChI=1S/C19H35N3O2/c1-16-6-10-20(11-7-16)12-17-4-2-8-21(13-17)14-18(23)15-22-9-3-5-19(22)24/h16-18,23H,2-15H2,1H3. The molecule has 0 aromatic carbocycles. The molecular weight excluding hydrogens is 302 g/mol. The first-order valence-corrected chi connectivity index (χ1v) is 10.0. The zero-order chi connectivity index (χ0) is 16.9. The molecule has 1 N–H and O–H groups in total. The Kier molecular flexibility index (Phi) is 6.53. The highest BCUT2D eigenvalue weighted by atomic mass is 16.3. The van der Waals surface area contributed by atoms with Crippen LogP contribution >= 0.6 is 0 Å². The van der Waals surface area contributed by atoms with Gasteiger partial charge in [0.05, 0.1) is 6.10 Å². The van der Waals surface area contributed by atoms with Gasteiger partial charge >= 0.3 is 0 Å². The fraction of sp³-hybridized carbons (Fsp3) is 0.947. The van der Waals surface area contributed by atoms with Crippen LogP contribution in [0.25, 0.3) is 0 Å². The molecule has 0 radical (unpaired) electrons. The van der Waals surface area contributed by atoms with Crippen molar-refractivity contribution in [3.63, 3.8) is 0 Å². The van der Waals surface area contributed by atoms with Gasteiger partial charge in [0.15, 0.2) is 0 Å². The topological polar surface area (TPSA) is 47.0 Å². The van der Waals surface area contributed by atoms with Crippen LogP contribution < -0.4 is 0 Å². The van der Waals surface area contributed by atoms with Crippen molar-refractivity contribution in [3.8, 4) is 0 Å². The molecule has 2 atom stereocenters. The van der Waals surface area contributed by atoms with Gasteiger partial charge in [0.2, 0.25) is 5.91 Å². The number of nitrogens with zero attached hydrogens (tertiary/aromatic N) is 3. The lowest BCUT2D eigenvalue weighted by Crippen LogP contribution is -2.47. The van der Waals surface area contributed by atoms with E-state index in [1.807, 2.05) is 4.90 Å². The molecule has 0 spiro atoms. The summed E-state index contributed by atoms with van der Waals surface area (Å²) in [4.78, 5) is 18.6. The maximum absolute atomic E-state index is 11.7. The molecule has 3 aliphatic rings. The second kappa shape index (κ2) is 8.63. The van der Waals surface area contributed by atoms with Gasteiger partial charge in [-0.3, -0.25) is 4.79 Å². The van der Waals surface area contributed by atoms with Crippen molar-refractivity contribution in [2.75, 3.05) is 52.4 Å². The molecule has 0 aromatic rings. The van der Waals surface area contributed by atoms with Crippen molar-refractivity contribution in [1.29, 1.82) is 0 Å². The summed E-state index contributed by atoms with van der Waals surface area (Å²) < 4.78 is 0. The lowest BCUT2D eigenvalue weighted by Gasteiger charge is -2.38. The number of carbonyl (C=O) groups excluding carboxylic acids is 1. The van der Waals surface area contributed by atoms with Crippen molar-refractivity contribution in [3.05, 3.63) is 0 Å². The zero-order valence-electron chi connectivity index (χ0n) is 15.3. The number of aliphatic hydroxyl groups excluding tert-OH is 1. The number of piperidine rings is 2. The molecule has 0 aromatic heterocycles. The number of rotatable bonds is 6. The van der Waals surface area contributed by atoms with Gasteiger partial charge in [0.25, 0.3) is 0 Å². The molecular formula is C19H35N3O2. The Balaban J connectivity index is 1.39. The van der Waals surface area contributed by atoms with Crippen LogP contribution in [0.2, 0.25) is 0 Å². The molecule has 2 unspecified atom stereocenters. The second-order valence-electron chi connectivity index (χ2n) is 8.35. The van der Waals surface area contributed by atoms with E-state index in [2.05, 4.69) is 16.7 Å². The third-order valence-electron chi connectivity index (χ3n) is 6.07. The van der Waals surface area contributed by atoms with Gasteiger partial charge in [-0.05, 0) is 63.6 Å². The smallest absolute Gasteiger partial charge is 0.222 e. The molecule has 3 aliphatic heterocycles. The van der Waals surface area contributed by atoms with Gasteiger partial charge < -0.3 is 19.8 Å². The minimum atomic E-state index is -0.401. The maximum Gasteiger partial charge on any atom is 0.222 e. The Bertz CT molecular complexity index is 409. The van der Waals surface area contributed by atoms with Gasteiger partial charge in [-0.25, -0.2) is 0 Å². The third-order valence-corrected chi connectivity index (χ3v) is 6.07. The van der Waals surface area contributed by atoms with Gasteiger partial charge in [0.1, 0.15) is 0 Å². The summed E-state index contributed by atoms with van der Waals surface area (Å²) in [5.74, 6) is 1.85. The van der Waals surface area contributed by atoms with Gasteiger partial charge in [-0.2, -0.15) is 0 Å². The van der Waals surface area contributed by atoms with Crippen LogP contribution in [0.3, 0.4) is 0 Å². The molecule has 5 heteroatoms. The summed E-state index contributed by atoms with van der Waals surface area (Å²) in [6, 6.07) is 0. The molecule has 3 fully saturated rings. The molecule has 1 amide bonds. The fourth-order valence-electron chi connectivity index (χ4n) is 4.58. The molecule has 24 heavy (non-hydrogen) atoms. The second-order valence-corrected chi connectivity index (χ2v) is 8.35. The summed E-state index contributed by atoms with van der Waals surface area (Å²) in [5, 5.41) is 10.4. The summed E-state index contributed by atoms with van der Waals surface area (Å²) in [5.41, 5.74) is 0. The Hall–Kier alpha value is -0.650. The lowest BCUT2D eigenvalue weighted by atomic mass is 9.94. The van der Waals surface area contributed by atoms with E-state index in [0.717, 1.165) is 44.4 Å². The van der Waals surface area contributed by atoms with Crippen molar-refractivity contribution >= 4 is 5.91 Å². The number of carbonyl (C=O) groups is 1. The van der Waals surface area contributed by atoms with E-state index < -0.39 is 6.10 Å². The normalized spacial score (nSPS) is 29.3. The van der Waals surface area contributed by atoms with E-state index in [1.165, 1.54) is 45.3 Å². The number of amides is 1. The largest absolute Gasteiger partial charge is 0.390 e. The minimum Gasteiger partial charge on any atom is -0.390 e. The Labute approximate surface area is 147 Å². The summed E-state index contributed by atoms with van der Waals surface area (Å²) in [6.07, 6.45) is 6.46. The maximum atomic E-state index is 11.7. The van der Waals surface area contributed by atoms with Crippen molar-refractivity contribution < 1.29 is 9.90 Å². The molecule has 3 saturated heterocycles. The molecule has 0 bridgehead atoms. The van der Waals surface area contributed by atoms with E-state index in [9.17, 15) is 9.90 Å². The van der Waals surface area contributed by atoms with Gasteiger partial charge in [-0.1, -0.05) is 6.92 Å². The summed E-state index contributed by atoms with van der Waals surface area (Å²) >= 11 is 0. The summed E-state index contributed by atoms with van der Waals surface area (Å²) in [6.45, 7) is 10.4. The van der Waals surface area contributed by atoms with E-state index in [0.29, 0.717) is 13.0 Å². The first-order chi connectivity index (χ1) is 11.6. The fourth-order valence-corrected chi connectivity index (χ4v) is 4.58. The number of likely N-dealkylation sites (tertiary alicyclic amines) is 3. The highest BCUT2D eigenvalue weighted by Gasteiger charge is 2.27. The number of β-amino-alcohol motifs (C(OH)–C–C–N with tert-alkyl or cyclic N) is 1. The van der Waals surface area contributed by atoms with Crippen molar-refractivity contribution in [2.24, 2.45) is 11.8 Å². The first kappa shape index (κ1) is 18.2. The molecule has 3 rings (SSSR count). The van der Waals surface area contributed by atoms with E-state index in [4.69, 9.17) is 0 Å². The Morgan fingerprint density at radius 3 is 2.54 bits per heavy atom. The monoisotopic (exact) mass is 337 g/mol. The van der Waals surface area contributed by atoms with Gasteiger partial charge in [0, 0.05) is 39.1 Å². The van der Waals surface area contributed by atoms with Crippen LogP contribution in [0.1, 0.15) is 45.4 Å². The Morgan fingerprint density at radius 2 is 1.83 bits per heavy atom. The van der Waals surface area contributed by atoms with Crippen LogP contribution in [-0.2, 0) is 4.79 Å². The van der Waals surface area contributed by atoms with Crippen LogP contribution in [0.5, 0.6) is 0 Å². The van der Waals surface area contributed by atoms with Crippen LogP contribution in [0.15, 0.2) is 0 Å². The lowest BCUT2D eigenvalue weighted by molar-refractivity contribution is -0.129. The average molecular weight is 338 g/mol. The van der Waals surface area contributed by atoms with Crippen LogP contribution in [0.4, 0.5) is 0 Å². The third kappa shape index (κ3) is 5.17. The number of hydrogen-bond donors (Lipinski definition) is 1. The van der Waals surface area contributed by atoms with E-state index in [-0.39, 0.29) is 5.91 Å². The van der Waals surface area contributed by atoms with Gasteiger partial charge in [-0.15, -0.1) is 0 Å². The van der Waals surface area contributed by atoms with Crippen molar-refractivity contribution in [2.45, 2.75) is 51.6 Å². The highest BCUT2D eigenvalue weighted by molar-refractivity contribution is 5.78. The SMILES string of the molecule is CC1CCN(CC2CCCN(CC(O)CN3CCCC3=O)C2)CC1. The molecule has 5 nitrogen and oxygen atoms in total. The van der Waals surface area contributed by atoms with Crippen molar-refractivity contribution in [1.82, 2.24) is 14.7 Å². The highest BCUT2D eigenvalue weighted by Crippen LogP contribution is 2.22. The molecule has 0 aliphatic carbocycles. The van der Waals surface area contributed by atoms with Crippen LogP contribution in [0, 0.1) is 11.8 Å². The van der Waals surface area contributed by atoms with E-state index >= 15 is 0 Å². The quantitative estimate of drug-likeness (QED) is 0.796. The van der Waals surface area contributed by atoms with E-state index in [1.54, 1.807) is 0 Å². The molecule has 3 heterocycles. The number of aliphatic hydroxyl groups is 1. The predicted octanol–water partition coefficient (Wildman–Crippen LogP) is 1.41.